The third-order valence-corrected chi connectivity index (χ3v) is 4.97. The number of aromatic amines is 1. The second-order valence-corrected chi connectivity index (χ2v) is 6.89. The van der Waals surface area contributed by atoms with Crippen molar-refractivity contribution >= 4 is 0 Å². The normalized spacial score (nSPS) is 15.5. The molecule has 1 fully saturated rings. The summed E-state index contributed by atoms with van der Waals surface area (Å²) in [6.45, 7) is 2.68. The first kappa shape index (κ1) is 18.2. The van der Waals surface area contributed by atoms with Crippen molar-refractivity contribution in [1.29, 1.82) is 0 Å². The molecule has 0 unspecified atom stereocenters. The summed E-state index contributed by atoms with van der Waals surface area (Å²) in [6, 6.07) is 5.74. The first-order valence-electron chi connectivity index (χ1n) is 9.30. The summed E-state index contributed by atoms with van der Waals surface area (Å²) in [4.78, 5) is 34.5. The summed E-state index contributed by atoms with van der Waals surface area (Å²) in [5, 5.41) is 0. The van der Waals surface area contributed by atoms with E-state index in [2.05, 4.69) is 24.8 Å². The highest BCUT2D eigenvalue weighted by Crippen LogP contribution is 2.27. The van der Waals surface area contributed by atoms with E-state index in [1.54, 1.807) is 38.0 Å². The van der Waals surface area contributed by atoms with E-state index in [1.165, 1.54) is 0 Å². The highest BCUT2D eigenvalue weighted by atomic mass is 16.5. The summed E-state index contributed by atoms with van der Waals surface area (Å²) in [5.74, 6) is 0.856. The first-order chi connectivity index (χ1) is 13.7. The molecule has 1 N–H and O–H groups in total. The van der Waals surface area contributed by atoms with Crippen LogP contribution in [-0.4, -0.2) is 50.0 Å². The molecule has 0 amide bonds. The molecule has 1 aliphatic rings. The molecule has 0 aliphatic carbocycles. The quantitative estimate of drug-likeness (QED) is 0.725. The highest BCUT2D eigenvalue weighted by molar-refractivity contribution is 5.52. The van der Waals surface area contributed by atoms with Gasteiger partial charge in [-0.25, -0.2) is 15.0 Å². The Hall–Kier alpha value is -3.13. The molecule has 144 valence electrons. The summed E-state index contributed by atoms with van der Waals surface area (Å²) in [7, 11) is 1.56. The van der Waals surface area contributed by atoms with Crippen molar-refractivity contribution in [3.8, 4) is 17.4 Å². The third kappa shape index (κ3) is 4.23. The summed E-state index contributed by atoms with van der Waals surface area (Å²) in [6.07, 6.45) is 8.93. The maximum Gasteiger partial charge on any atom is 0.316 e. The molecule has 8 heteroatoms. The molecule has 0 saturated carbocycles. The van der Waals surface area contributed by atoms with Crippen molar-refractivity contribution in [3.05, 3.63) is 64.6 Å². The number of hydrogen-bond acceptors (Lipinski definition) is 7. The van der Waals surface area contributed by atoms with E-state index in [0.717, 1.165) is 49.3 Å². The monoisotopic (exact) mass is 378 g/mol. The Labute approximate surface area is 162 Å². The fraction of sp³-hybridized carbons (Fsp3) is 0.350. The smallest absolute Gasteiger partial charge is 0.316 e. The topological polar surface area (TPSA) is 96.9 Å². The van der Waals surface area contributed by atoms with Crippen LogP contribution in [0.3, 0.4) is 0 Å². The second-order valence-electron chi connectivity index (χ2n) is 6.89. The van der Waals surface area contributed by atoms with Crippen LogP contribution in [-0.2, 0) is 6.54 Å². The van der Waals surface area contributed by atoms with Gasteiger partial charge in [0.15, 0.2) is 0 Å². The number of aromatic nitrogens is 5. The van der Waals surface area contributed by atoms with Crippen molar-refractivity contribution in [2.24, 2.45) is 0 Å². The lowest BCUT2D eigenvalue weighted by molar-refractivity contribution is 0.202. The van der Waals surface area contributed by atoms with Gasteiger partial charge in [0.25, 0.3) is 5.56 Å². The number of ether oxygens (including phenoxy) is 1. The number of piperidine rings is 1. The lowest BCUT2D eigenvalue weighted by Gasteiger charge is -2.31. The Bertz CT molecular complexity index is 966. The molecular formula is C20H22N6O2. The van der Waals surface area contributed by atoms with E-state index in [1.807, 2.05) is 12.1 Å². The SMILES string of the molecule is COc1ncc(CN2CCC(c3cc(=O)[nH]c(-c4cccnc4)n3)CC2)cn1. The Morgan fingerprint density at radius 2 is 2.00 bits per heavy atom. The van der Waals surface area contributed by atoms with Crippen LogP contribution in [0, 0.1) is 0 Å². The molecule has 0 bridgehead atoms. The maximum atomic E-state index is 12.1. The van der Waals surface area contributed by atoms with Gasteiger partial charge in [-0.2, -0.15) is 0 Å². The number of nitrogens with zero attached hydrogens (tertiary/aromatic N) is 5. The molecule has 4 rings (SSSR count). The van der Waals surface area contributed by atoms with Crippen molar-refractivity contribution in [3.63, 3.8) is 0 Å². The predicted molar refractivity (Wildman–Crippen MR) is 104 cm³/mol. The molecule has 8 nitrogen and oxygen atoms in total. The molecule has 28 heavy (non-hydrogen) atoms. The van der Waals surface area contributed by atoms with Gasteiger partial charge in [0.2, 0.25) is 0 Å². The largest absolute Gasteiger partial charge is 0.467 e. The molecule has 0 atom stereocenters. The Balaban J connectivity index is 1.42. The van der Waals surface area contributed by atoms with E-state index in [4.69, 9.17) is 9.72 Å². The van der Waals surface area contributed by atoms with Gasteiger partial charge >= 0.3 is 6.01 Å². The van der Waals surface area contributed by atoms with E-state index >= 15 is 0 Å². The van der Waals surface area contributed by atoms with Crippen molar-refractivity contribution in [2.75, 3.05) is 20.2 Å². The fourth-order valence-electron chi connectivity index (χ4n) is 3.50. The second kappa shape index (κ2) is 8.26. The summed E-state index contributed by atoms with van der Waals surface area (Å²) < 4.78 is 5.00. The average molecular weight is 378 g/mol. The Morgan fingerprint density at radius 3 is 2.68 bits per heavy atom. The first-order valence-corrected chi connectivity index (χ1v) is 9.30. The van der Waals surface area contributed by atoms with E-state index in [-0.39, 0.29) is 11.5 Å². The number of rotatable bonds is 5. The molecule has 0 spiro atoms. The zero-order valence-electron chi connectivity index (χ0n) is 15.7. The number of pyridine rings is 1. The summed E-state index contributed by atoms with van der Waals surface area (Å²) >= 11 is 0. The van der Waals surface area contributed by atoms with Crippen LogP contribution in [0.4, 0.5) is 0 Å². The third-order valence-electron chi connectivity index (χ3n) is 4.97. The average Bonchev–Trinajstić information content (AvgIpc) is 2.75. The van der Waals surface area contributed by atoms with E-state index < -0.39 is 0 Å². The summed E-state index contributed by atoms with van der Waals surface area (Å²) in [5.41, 5.74) is 2.61. The minimum atomic E-state index is -0.123. The van der Waals surface area contributed by atoms with Gasteiger partial charge in [0.05, 0.1) is 12.8 Å². The lowest BCUT2D eigenvalue weighted by Crippen LogP contribution is -2.33. The van der Waals surface area contributed by atoms with Crippen LogP contribution in [0.5, 0.6) is 6.01 Å². The van der Waals surface area contributed by atoms with Crippen molar-refractivity contribution in [2.45, 2.75) is 25.3 Å². The van der Waals surface area contributed by atoms with Crippen LogP contribution in [0.1, 0.15) is 30.0 Å². The van der Waals surface area contributed by atoms with Crippen LogP contribution in [0.2, 0.25) is 0 Å². The van der Waals surface area contributed by atoms with Crippen LogP contribution >= 0.6 is 0 Å². The minimum Gasteiger partial charge on any atom is -0.467 e. The number of methoxy groups -OCH3 is 1. The number of nitrogens with one attached hydrogen (secondary N) is 1. The van der Waals surface area contributed by atoms with E-state index in [0.29, 0.717) is 11.8 Å². The molecule has 3 aromatic heterocycles. The van der Waals surface area contributed by atoms with Gasteiger partial charge in [-0.05, 0) is 38.1 Å². The maximum absolute atomic E-state index is 12.1. The van der Waals surface area contributed by atoms with Gasteiger partial charge in [-0.15, -0.1) is 0 Å². The minimum absolute atomic E-state index is 0.123. The van der Waals surface area contributed by atoms with Gasteiger partial charge in [0, 0.05) is 54.4 Å². The van der Waals surface area contributed by atoms with Gasteiger partial charge in [-0.1, -0.05) is 0 Å². The standard InChI is InChI=1S/C20H22N6O2/c1-28-20-22-10-14(11-23-20)13-26-7-4-15(5-8-26)17-9-18(27)25-19(24-17)16-3-2-6-21-12-16/h2-3,6,9-12,15H,4-5,7-8,13H2,1H3,(H,24,25,27). The Morgan fingerprint density at radius 1 is 1.21 bits per heavy atom. The van der Waals surface area contributed by atoms with Crippen molar-refractivity contribution < 1.29 is 4.74 Å². The van der Waals surface area contributed by atoms with E-state index in [9.17, 15) is 4.79 Å². The number of H-pyrrole nitrogens is 1. The molecule has 1 aliphatic heterocycles. The lowest BCUT2D eigenvalue weighted by atomic mass is 9.93. The van der Waals surface area contributed by atoms with Crippen LogP contribution in [0.15, 0.2) is 47.8 Å². The van der Waals surface area contributed by atoms with Crippen molar-refractivity contribution in [1.82, 2.24) is 29.8 Å². The highest BCUT2D eigenvalue weighted by Gasteiger charge is 2.23. The Kier molecular flexibility index (Phi) is 5.38. The molecule has 4 heterocycles. The van der Waals surface area contributed by atoms with Crippen LogP contribution < -0.4 is 10.3 Å². The molecule has 3 aromatic rings. The molecular weight excluding hydrogens is 356 g/mol. The van der Waals surface area contributed by atoms with Gasteiger partial charge in [0.1, 0.15) is 5.82 Å². The van der Waals surface area contributed by atoms with Crippen LogP contribution in [0.25, 0.3) is 11.4 Å². The zero-order valence-corrected chi connectivity index (χ0v) is 15.7. The zero-order chi connectivity index (χ0) is 19.3. The number of likely N-dealkylation sites (tertiary alicyclic amines) is 1. The number of hydrogen-bond donors (Lipinski definition) is 1. The van der Waals surface area contributed by atoms with Gasteiger partial charge < -0.3 is 9.72 Å². The fourth-order valence-corrected chi connectivity index (χ4v) is 3.50. The predicted octanol–water partition coefficient (Wildman–Crippen LogP) is 2.01. The molecule has 1 saturated heterocycles. The molecule has 0 radical (unpaired) electrons. The van der Waals surface area contributed by atoms with Gasteiger partial charge in [-0.3, -0.25) is 14.7 Å². The molecule has 0 aromatic carbocycles.